The fourth-order valence-corrected chi connectivity index (χ4v) is 3.70. The van der Waals surface area contributed by atoms with Crippen molar-refractivity contribution in [3.05, 3.63) is 59.4 Å². The summed E-state index contributed by atoms with van der Waals surface area (Å²) in [5, 5.41) is 2.77. The number of aromatic nitrogens is 1. The minimum absolute atomic E-state index is 0.242. The van der Waals surface area contributed by atoms with Gasteiger partial charge in [-0.25, -0.2) is 8.42 Å². The molecule has 6 nitrogen and oxygen atoms in total. The molecule has 0 saturated heterocycles. The van der Waals surface area contributed by atoms with Crippen LogP contribution in [-0.2, 0) is 34.2 Å². The van der Waals surface area contributed by atoms with Crippen LogP contribution in [0.4, 0.5) is 5.69 Å². The normalized spacial score (nSPS) is 11.2. The van der Waals surface area contributed by atoms with Gasteiger partial charge in [0.05, 0.1) is 11.9 Å². The number of pyridine rings is 1. The van der Waals surface area contributed by atoms with Gasteiger partial charge in [0.2, 0.25) is 15.9 Å². The molecule has 0 aliphatic rings. The minimum atomic E-state index is -3.60. The van der Waals surface area contributed by atoms with E-state index in [0.717, 1.165) is 22.9 Å². The maximum Gasteiger partial charge on any atom is 0.241 e. The van der Waals surface area contributed by atoms with Crippen molar-refractivity contribution in [3.63, 3.8) is 0 Å². The Morgan fingerprint density at radius 2 is 1.65 bits per heavy atom. The number of aryl methyl sites for hydroxylation is 2. The van der Waals surface area contributed by atoms with Crippen molar-refractivity contribution in [2.45, 2.75) is 33.2 Å². The van der Waals surface area contributed by atoms with E-state index >= 15 is 0 Å². The van der Waals surface area contributed by atoms with Crippen molar-refractivity contribution < 1.29 is 13.2 Å². The van der Waals surface area contributed by atoms with Crippen molar-refractivity contribution in [2.75, 3.05) is 17.1 Å². The second-order valence-corrected chi connectivity index (χ2v) is 7.94. The van der Waals surface area contributed by atoms with Gasteiger partial charge in [0.15, 0.2) is 0 Å². The van der Waals surface area contributed by atoms with E-state index < -0.39 is 10.0 Å². The Hall–Kier alpha value is -2.41. The number of anilines is 1. The molecule has 1 aromatic carbocycles. The molecule has 2 aromatic rings. The first-order valence-corrected chi connectivity index (χ1v) is 10.5. The van der Waals surface area contributed by atoms with E-state index in [1.165, 1.54) is 4.31 Å². The number of sulfonamides is 1. The number of nitrogens with zero attached hydrogens (tertiary/aromatic N) is 2. The first-order chi connectivity index (χ1) is 12.4. The summed E-state index contributed by atoms with van der Waals surface area (Å²) >= 11 is 0. The highest BCUT2D eigenvalue weighted by atomic mass is 32.2. The van der Waals surface area contributed by atoms with Crippen molar-refractivity contribution in [3.8, 4) is 0 Å². The zero-order valence-electron chi connectivity index (χ0n) is 15.4. The third kappa shape index (κ3) is 5.05. The van der Waals surface area contributed by atoms with E-state index in [0.29, 0.717) is 25.1 Å². The maximum absolute atomic E-state index is 12.4. The average molecular weight is 375 g/mol. The quantitative estimate of drug-likeness (QED) is 0.768. The lowest BCUT2D eigenvalue weighted by Crippen LogP contribution is -2.41. The van der Waals surface area contributed by atoms with E-state index in [-0.39, 0.29) is 12.5 Å². The number of nitrogens with one attached hydrogen (secondary N) is 1. The highest BCUT2D eigenvalue weighted by molar-refractivity contribution is 7.92. The Kier molecular flexibility index (Phi) is 6.74. The zero-order valence-corrected chi connectivity index (χ0v) is 16.2. The van der Waals surface area contributed by atoms with Crippen LogP contribution < -0.4 is 9.62 Å². The number of amides is 1. The number of carbonyl (C=O) groups excluding carboxylic acids is 1. The summed E-state index contributed by atoms with van der Waals surface area (Å²) in [5.74, 6) is -0.347. The van der Waals surface area contributed by atoms with E-state index in [9.17, 15) is 13.2 Å². The van der Waals surface area contributed by atoms with E-state index in [1.807, 2.05) is 32.0 Å². The van der Waals surface area contributed by atoms with Crippen LogP contribution in [0.15, 0.2) is 42.7 Å². The summed E-state index contributed by atoms with van der Waals surface area (Å²) in [6.45, 7) is 4.04. The summed E-state index contributed by atoms with van der Waals surface area (Å²) in [5.41, 5.74) is 3.36. The standard InChI is InChI=1S/C19H25N3O3S/c1-4-16-7-6-8-17(5-2)19(16)22(26(3,24)25)14-18(23)21-13-15-9-11-20-12-10-15/h6-12H,4-5,13-14H2,1-3H3,(H,21,23). The predicted octanol–water partition coefficient (Wildman–Crippen LogP) is 2.29. The molecule has 1 N–H and O–H groups in total. The van der Waals surface area contributed by atoms with Gasteiger partial charge in [-0.05, 0) is 41.7 Å². The Morgan fingerprint density at radius 1 is 1.08 bits per heavy atom. The molecule has 0 bridgehead atoms. The molecule has 26 heavy (non-hydrogen) atoms. The molecule has 0 aliphatic carbocycles. The topological polar surface area (TPSA) is 79.4 Å². The summed E-state index contributed by atoms with van der Waals surface area (Å²) in [6, 6.07) is 9.33. The molecule has 0 atom stereocenters. The first kappa shape index (κ1) is 19.9. The van der Waals surface area contributed by atoms with Crippen LogP contribution in [0.1, 0.15) is 30.5 Å². The molecule has 140 valence electrons. The second-order valence-electron chi connectivity index (χ2n) is 6.03. The number of hydrogen-bond acceptors (Lipinski definition) is 4. The van der Waals surface area contributed by atoms with Gasteiger partial charge >= 0.3 is 0 Å². The van der Waals surface area contributed by atoms with Gasteiger partial charge in [-0.1, -0.05) is 32.0 Å². The van der Waals surface area contributed by atoms with Gasteiger partial charge in [0, 0.05) is 18.9 Å². The SMILES string of the molecule is CCc1cccc(CC)c1N(CC(=O)NCc1ccncc1)S(C)(=O)=O. The van der Waals surface area contributed by atoms with Crippen molar-refractivity contribution >= 4 is 21.6 Å². The number of carbonyl (C=O) groups is 1. The molecule has 0 radical (unpaired) electrons. The van der Waals surface area contributed by atoms with Gasteiger partial charge in [0.1, 0.15) is 6.54 Å². The fraction of sp³-hybridized carbons (Fsp3) is 0.368. The Labute approximate surface area is 155 Å². The maximum atomic E-state index is 12.4. The van der Waals surface area contributed by atoms with E-state index in [4.69, 9.17) is 0 Å². The molecule has 0 fully saturated rings. The number of hydrogen-bond donors (Lipinski definition) is 1. The molecule has 2 rings (SSSR count). The van der Waals surface area contributed by atoms with Gasteiger partial charge in [-0.15, -0.1) is 0 Å². The molecule has 1 amide bonds. The third-order valence-corrected chi connectivity index (χ3v) is 5.25. The van der Waals surface area contributed by atoms with Crippen LogP contribution in [-0.4, -0.2) is 32.1 Å². The lowest BCUT2D eigenvalue weighted by molar-refractivity contribution is -0.119. The van der Waals surface area contributed by atoms with Crippen LogP contribution in [0.3, 0.4) is 0 Å². The van der Waals surface area contributed by atoms with Crippen molar-refractivity contribution in [1.29, 1.82) is 0 Å². The number of rotatable bonds is 8. The lowest BCUT2D eigenvalue weighted by Gasteiger charge is -2.26. The van der Waals surface area contributed by atoms with Crippen LogP contribution in [0.5, 0.6) is 0 Å². The van der Waals surface area contributed by atoms with Crippen LogP contribution in [0, 0.1) is 0 Å². The van der Waals surface area contributed by atoms with E-state index in [2.05, 4.69) is 10.3 Å². The molecular weight excluding hydrogens is 350 g/mol. The largest absolute Gasteiger partial charge is 0.350 e. The smallest absolute Gasteiger partial charge is 0.241 e. The van der Waals surface area contributed by atoms with Gasteiger partial charge < -0.3 is 5.32 Å². The Balaban J connectivity index is 2.25. The summed E-state index contributed by atoms with van der Waals surface area (Å²) in [6.07, 6.45) is 5.81. The van der Waals surface area contributed by atoms with Gasteiger partial charge in [0.25, 0.3) is 0 Å². The summed E-state index contributed by atoms with van der Waals surface area (Å²) in [4.78, 5) is 16.3. The molecule has 1 aromatic heterocycles. The Morgan fingerprint density at radius 3 is 2.15 bits per heavy atom. The molecule has 0 aliphatic heterocycles. The minimum Gasteiger partial charge on any atom is -0.350 e. The predicted molar refractivity (Wildman–Crippen MR) is 103 cm³/mol. The fourth-order valence-electron chi connectivity index (χ4n) is 2.79. The molecule has 7 heteroatoms. The van der Waals surface area contributed by atoms with Crippen LogP contribution >= 0.6 is 0 Å². The highest BCUT2D eigenvalue weighted by Gasteiger charge is 2.24. The number of benzene rings is 1. The summed E-state index contributed by atoms with van der Waals surface area (Å²) < 4.78 is 26.0. The highest BCUT2D eigenvalue weighted by Crippen LogP contribution is 2.28. The van der Waals surface area contributed by atoms with Crippen LogP contribution in [0.2, 0.25) is 0 Å². The molecular formula is C19H25N3O3S. The first-order valence-electron chi connectivity index (χ1n) is 8.60. The van der Waals surface area contributed by atoms with Gasteiger partial charge in [-0.3, -0.25) is 14.1 Å². The van der Waals surface area contributed by atoms with Crippen LogP contribution in [0.25, 0.3) is 0 Å². The van der Waals surface area contributed by atoms with Gasteiger partial charge in [-0.2, -0.15) is 0 Å². The molecule has 0 spiro atoms. The van der Waals surface area contributed by atoms with Crippen molar-refractivity contribution in [1.82, 2.24) is 10.3 Å². The monoisotopic (exact) mass is 375 g/mol. The third-order valence-electron chi connectivity index (χ3n) is 4.14. The lowest BCUT2D eigenvalue weighted by atomic mass is 10.0. The Bertz CT molecular complexity index is 829. The number of para-hydroxylation sites is 1. The zero-order chi connectivity index (χ0) is 19.2. The molecule has 0 unspecified atom stereocenters. The summed E-state index contributed by atoms with van der Waals surface area (Å²) in [7, 11) is -3.60. The second kappa shape index (κ2) is 8.80. The average Bonchev–Trinajstić information content (AvgIpc) is 2.63. The van der Waals surface area contributed by atoms with E-state index in [1.54, 1.807) is 24.5 Å². The van der Waals surface area contributed by atoms with Crippen molar-refractivity contribution in [2.24, 2.45) is 0 Å². The molecule has 0 saturated carbocycles. The molecule has 1 heterocycles.